The molecule has 0 aromatic heterocycles. The van der Waals surface area contributed by atoms with E-state index in [-0.39, 0.29) is 31.1 Å². The monoisotopic (exact) mass is 1120 g/mol. The lowest BCUT2D eigenvalue weighted by Gasteiger charge is -2.18. The minimum Gasteiger partial charge on any atom is -0.462 e. The van der Waals surface area contributed by atoms with Crippen molar-refractivity contribution < 1.29 is 28.6 Å². The van der Waals surface area contributed by atoms with Crippen molar-refractivity contribution in [2.24, 2.45) is 0 Å². The highest BCUT2D eigenvalue weighted by Gasteiger charge is 2.19. The Kier molecular flexibility index (Phi) is 64.3. The normalized spacial score (nSPS) is 13.0. The Morgan fingerprint density at radius 1 is 0.259 bits per heavy atom. The highest BCUT2D eigenvalue weighted by atomic mass is 16.6. The number of hydrogen-bond donors (Lipinski definition) is 0. The van der Waals surface area contributed by atoms with E-state index in [1.54, 1.807) is 0 Å². The summed E-state index contributed by atoms with van der Waals surface area (Å²) < 4.78 is 16.9. The van der Waals surface area contributed by atoms with Gasteiger partial charge in [-0.15, -0.1) is 0 Å². The number of rotatable bonds is 60. The van der Waals surface area contributed by atoms with E-state index in [1.807, 2.05) is 0 Å². The first kappa shape index (κ1) is 76.5. The summed E-state index contributed by atoms with van der Waals surface area (Å²) in [6, 6.07) is 0. The number of hydrogen-bond acceptors (Lipinski definition) is 6. The largest absolute Gasteiger partial charge is 0.462 e. The van der Waals surface area contributed by atoms with Crippen LogP contribution in [0.2, 0.25) is 0 Å². The van der Waals surface area contributed by atoms with E-state index >= 15 is 0 Å². The second-order valence-corrected chi connectivity index (χ2v) is 22.0. The Hall–Kier alpha value is -4.45. The summed E-state index contributed by atoms with van der Waals surface area (Å²) in [7, 11) is 0. The first-order valence-corrected chi connectivity index (χ1v) is 33.7. The Morgan fingerprint density at radius 3 is 0.802 bits per heavy atom. The summed E-state index contributed by atoms with van der Waals surface area (Å²) in [6.07, 6.45) is 96.0. The zero-order chi connectivity index (χ0) is 58.5. The third-order valence-corrected chi connectivity index (χ3v) is 14.1. The molecule has 0 saturated heterocycles. The van der Waals surface area contributed by atoms with E-state index < -0.39 is 6.10 Å². The standard InChI is InChI=1S/C75H124O6/c1-4-7-10-13-16-19-22-25-27-29-31-33-34-35-36-37-38-39-40-42-43-45-47-50-53-56-59-62-65-68-74(77)80-71-72(70-79-73(76)67-64-61-58-55-52-49-24-21-18-15-12-9-6-3)81-75(78)69-66-63-60-57-54-51-48-46-44-41-32-30-28-26-23-20-17-14-11-8-5-2/h7,10,12,15-16,19,21,23-27,30-33,35-36,38-39,42-43,72H,4-6,8-9,11,13-14,17-18,20,22,28-29,34,37,40-41,44-71H2,1-3H3/b10-7-,15-12-,19-16-,24-21-,26-23-,27-25-,32-30-,33-31-,36-35-,39-38-,43-42-. The predicted octanol–water partition coefficient (Wildman–Crippen LogP) is 23.3. The summed E-state index contributed by atoms with van der Waals surface area (Å²) in [5, 5.41) is 0. The number of esters is 3. The molecule has 1 unspecified atom stereocenters. The average Bonchev–Trinajstić information content (AvgIpc) is 3.46. The van der Waals surface area contributed by atoms with E-state index in [1.165, 1.54) is 116 Å². The van der Waals surface area contributed by atoms with E-state index in [0.29, 0.717) is 19.3 Å². The Balaban J connectivity index is 4.36. The zero-order valence-electron chi connectivity index (χ0n) is 52.8. The summed E-state index contributed by atoms with van der Waals surface area (Å²) >= 11 is 0. The lowest BCUT2D eigenvalue weighted by molar-refractivity contribution is -0.167. The summed E-state index contributed by atoms with van der Waals surface area (Å²) in [4.78, 5) is 38.4. The maximum Gasteiger partial charge on any atom is 0.306 e. The molecule has 0 heterocycles. The number of carbonyl (C=O) groups excluding carboxylic acids is 3. The summed E-state index contributed by atoms with van der Waals surface area (Å²) in [5.41, 5.74) is 0. The molecular weight excluding hydrogens is 997 g/mol. The van der Waals surface area contributed by atoms with Gasteiger partial charge in [0.1, 0.15) is 13.2 Å². The van der Waals surface area contributed by atoms with Crippen LogP contribution in [0.25, 0.3) is 0 Å². The van der Waals surface area contributed by atoms with Gasteiger partial charge in [0.15, 0.2) is 6.10 Å². The van der Waals surface area contributed by atoms with Crippen LogP contribution in [0.15, 0.2) is 134 Å². The molecule has 0 bridgehead atoms. The molecule has 6 heteroatoms. The first-order valence-electron chi connectivity index (χ1n) is 33.7. The molecule has 0 radical (unpaired) electrons. The number of allylic oxidation sites excluding steroid dienone is 22. The maximum atomic E-state index is 12.9. The molecule has 81 heavy (non-hydrogen) atoms. The third-order valence-electron chi connectivity index (χ3n) is 14.1. The smallest absolute Gasteiger partial charge is 0.306 e. The number of carbonyl (C=O) groups is 3. The number of ether oxygens (including phenoxy) is 3. The van der Waals surface area contributed by atoms with Crippen LogP contribution < -0.4 is 0 Å². The van der Waals surface area contributed by atoms with Gasteiger partial charge in [-0.1, -0.05) is 283 Å². The average molecular weight is 1120 g/mol. The first-order chi connectivity index (χ1) is 40.0. The summed E-state index contributed by atoms with van der Waals surface area (Å²) in [5.74, 6) is -0.917. The van der Waals surface area contributed by atoms with E-state index in [2.05, 4.69) is 154 Å². The third kappa shape index (κ3) is 66.2. The van der Waals surface area contributed by atoms with Gasteiger partial charge in [-0.25, -0.2) is 0 Å². The van der Waals surface area contributed by atoms with Crippen LogP contribution in [-0.2, 0) is 28.6 Å². The lowest BCUT2D eigenvalue weighted by Crippen LogP contribution is -2.30. The van der Waals surface area contributed by atoms with Crippen molar-refractivity contribution in [1.82, 2.24) is 0 Å². The summed E-state index contributed by atoms with van der Waals surface area (Å²) in [6.45, 7) is 6.44. The van der Waals surface area contributed by atoms with Crippen molar-refractivity contribution in [2.75, 3.05) is 13.2 Å². The van der Waals surface area contributed by atoms with Crippen LogP contribution in [0.5, 0.6) is 0 Å². The molecule has 0 N–H and O–H groups in total. The van der Waals surface area contributed by atoms with E-state index in [9.17, 15) is 14.4 Å². The fourth-order valence-electron chi connectivity index (χ4n) is 9.08. The van der Waals surface area contributed by atoms with Crippen molar-refractivity contribution in [1.29, 1.82) is 0 Å². The highest BCUT2D eigenvalue weighted by Crippen LogP contribution is 2.15. The molecule has 0 fully saturated rings. The van der Waals surface area contributed by atoms with Gasteiger partial charge in [0.2, 0.25) is 0 Å². The molecule has 0 spiro atoms. The molecule has 0 amide bonds. The fraction of sp³-hybridized carbons (Fsp3) is 0.667. The predicted molar refractivity (Wildman–Crippen MR) is 353 cm³/mol. The molecule has 1 atom stereocenters. The second kappa shape index (κ2) is 68.1. The fourth-order valence-corrected chi connectivity index (χ4v) is 9.08. The van der Waals surface area contributed by atoms with E-state index in [0.717, 1.165) is 148 Å². The van der Waals surface area contributed by atoms with Gasteiger partial charge >= 0.3 is 17.9 Å². The Labute approximate surface area is 500 Å². The quantitative estimate of drug-likeness (QED) is 0.0261. The molecule has 0 aliphatic rings. The van der Waals surface area contributed by atoms with Crippen LogP contribution in [0.1, 0.15) is 303 Å². The Morgan fingerprint density at radius 2 is 0.506 bits per heavy atom. The van der Waals surface area contributed by atoms with Crippen LogP contribution in [-0.4, -0.2) is 37.2 Å². The van der Waals surface area contributed by atoms with Gasteiger partial charge in [-0.3, -0.25) is 14.4 Å². The molecule has 0 aromatic rings. The van der Waals surface area contributed by atoms with Crippen LogP contribution in [0, 0.1) is 0 Å². The SMILES string of the molecule is CC/C=C\C/C=C\C/C=C\C/C=C\C/C=C\C/C=C\C/C=C\CCCCCCCCCC(=O)OCC(COC(=O)CCCCCCC/C=C\C/C=C\CCC)OC(=O)CCCCCCCCCCC/C=C\C/C=C\CCCCCCC. The van der Waals surface area contributed by atoms with Gasteiger partial charge in [0.05, 0.1) is 0 Å². The number of unbranched alkanes of at least 4 members (excludes halogenated alkanes) is 27. The molecule has 0 aliphatic carbocycles. The van der Waals surface area contributed by atoms with Crippen LogP contribution in [0.4, 0.5) is 0 Å². The molecular formula is C75H124O6. The molecule has 0 aliphatic heterocycles. The molecule has 0 rings (SSSR count). The van der Waals surface area contributed by atoms with Crippen LogP contribution >= 0.6 is 0 Å². The zero-order valence-corrected chi connectivity index (χ0v) is 52.8. The highest BCUT2D eigenvalue weighted by molar-refractivity contribution is 5.71. The Bertz CT molecular complexity index is 1720. The van der Waals surface area contributed by atoms with Gasteiger partial charge in [0.25, 0.3) is 0 Å². The van der Waals surface area contributed by atoms with Crippen molar-refractivity contribution in [3.8, 4) is 0 Å². The molecule has 0 aromatic carbocycles. The van der Waals surface area contributed by atoms with Crippen molar-refractivity contribution >= 4 is 17.9 Å². The topological polar surface area (TPSA) is 78.9 Å². The van der Waals surface area contributed by atoms with Crippen molar-refractivity contribution in [2.45, 2.75) is 309 Å². The lowest BCUT2D eigenvalue weighted by atomic mass is 10.1. The molecule has 6 nitrogen and oxygen atoms in total. The molecule has 0 saturated carbocycles. The second-order valence-electron chi connectivity index (χ2n) is 22.0. The van der Waals surface area contributed by atoms with Gasteiger partial charge in [0, 0.05) is 19.3 Å². The minimum absolute atomic E-state index is 0.0932. The van der Waals surface area contributed by atoms with Crippen LogP contribution in [0.3, 0.4) is 0 Å². The maximum absolute atomic E-state index is 12.9. The van der Waals surface area contributed by atoms with Crippen molar-refractivity contribution in [3.05, 3.63) is 134 Å². The van der Waals surface area contributed by atoms with Gasteiger partial charge in [-0.05, 0) is 135 Å². The van der Waals surface area contributed by atoms with Gasteiger partial charge < -0.3 is 14.2 Å². The molecule has 460 valence electrons. The van der Waals surface area contributed by atoms with Gasteiger partial charge in [-0.2, -0.15) is 0 Å². The minimum atomic E-state index is -0.797. The van der Waals surface area contributed by atoms with Crippen molar-refractivity contribution in [3.63, 3.8) is 0 Å². The van der Waals surface area contributed by atoms with E-state index in [4.69, 9.17) is 14.2 Å².